The molecule has 0 unspecified atom stereocenters. The summed E-state index contributed by atoms with van der Waals surface area (Å²) in [6, 6.07) is 12.4. The quantitative estimate of drug-likeness (QED) is 0.582. The number of rotatable bonds is 4. The van der Waals surface area contributed by atoms with Gasteiger partial charge >= 0.3 is 0 Å². The summed E-state index contributed by atoms with van der Waals surface area (Å²) >= 11 is 1.81. The number of hydrogen-bond donors (Lipinski definition) is 2. The average Bonchev–Trinajstić information content (AvgIpc) is 3.11. The summed E-state index contributed by atoms with van der Waals surface area (Å²) in [5, 5.41) is 0. The fraction of sp³-hybridized carbons (Fsp3) is 0.222. The van der Waals surface area contributed by atoms with Crippen LogP contribution in [-0.2, 0) is 11.5 Å². The van der Waals surface area contributed by atoms with Gasteiger partial charge in [0.15, 0.2) is 0 Å². The molecule has 0 fully saturated rings. The largest absolute Gasteiger partial charge is 0.341 e. The Morgan fingerprint density at radius 3 is 2.26 bits per heavy atom. The van der Waals surface area contributed by atoms with E-state index in [9.17, 15) is 0 Å². The molecule has 0 aliphatic heterocycles. The lowest BCUT2D eigenvalue weighted by Crippen LogP contribution is -1.87. The van der Waals surface area contributed by atoms with E-state index in [1.54, 1.807) is 0 Å². The van der Waals surface area contributed by atoms with Crippen molar-refractivity contribution in [3.05, 3.63) is 59.2 Å². The van der Waals surface area contributed by atoms with E-state index in [2.05, 4.69) is 52.0 Å². The smallest absolute Gasteiger partial charge is 0.117 e. The van der Waals surface area contributed by atoms with Gasteiger partial charge in [0, 0.05) is 0 Å². The van der Waals surface area contributed by atoms with Gasteiger partial charge in [0.05, 0.1) is 33.6 Å². The number of para-hydroxylation sites is 2. The van der Waals surface area contributed by atoms with Crippen molar-refractivity contribution in [1.82, 2.24) is 19.9 Å². The van der Waals surface area contributed by atoms with Crippen LogP contribution in [0.1, 0.15) is 22.8 Å². The fourth-order valence-corrected chi connectivity index (χ4v) is 3.47. The summed E-state index contributed by atoms with van der Waals surface area (Å²) in [6.07, 6.45) is 0. The van der Waals surface area contributed by atoms with Gasteiger partial charge in [0.25, 0.3) is 0 Å². The molecule has 4 nitrogen and oxygen atoms in total. The van der Waals surface area contributed by atoms with Gasteiger partial charge in [-0.3, -0.25) is 0 Å². The summed E-state index contributed by atoms with van der Waals surface area (Å²) < 4.78 is 0. The highest BCUT2D eigenvalue weighted by molar-refractivity contribution is 7.97. The molecule has 0 aliphatic rings. The van der Waals surface area contributed by atoms with Gasteiger partial charge < -0.3 is 9.97 Å². The molecule has 0 amide bonds. The maximum atomic E-state index is 4.68. The third kappa shape index (κ3) is 2.84. The van der Waals surface area contributed by atoms with Crippen molar-refractivity contribution in [2.75, 3.05) is 0 Å². The van der Waals surface area contributed by atoms with Crippen LogP contribution in [-0.4, -0.2) is 19.9 Å². The van der Waals surface area contributed by atoms with Gasteiger partial charge in [-0.25, -0.2) is 9.97 Å². The number of aromatic amines is 2. The normalized spacial score (nSPS) is 11.6. The number of aromatic nitrogens is 4. The minimum atomic E-state index is 0.851. The second kappa shape index (κ2) is 5.74. The number of nitrogens with one attached hydrogen (secondary N) is 2. The predicted molar refractivity (Wildman–Crippen MR) is 96.7 cm³/mol. The second-order valence-corrected chi connectivity index (χ2v) is 6.82. The van der Waals surface area contributed by atoms with Gasteiger partial charge in [-0.05, 0) is 49.2 Å². The molecule has 2 aromatic heterocycles. The Morgan fingerprint density at radius 1 is 0.826 bits per heavy atom. The van der Waals surface area contributed by atoms with E-state index in [4.69, 9.17) is 0 Å². The van der Waals surface area contributed by atoms with Crippen molar-refractivity contribution < 1.29 is 0 Å². The standard InChI is InChI=1S/C18H18N4S/c1-11-7-15-16(8-12(11)2)22-18(21-15)10-23-9-17-19-13-5-3-4-6-14(13)20-17/h3-8H,9-10H2,1-2H3,(H,19,20)(H,21,22). The lowest BCUT2D eigenvalue weighted by atomic mass is 10.1. The Balaban J connectivity index is 1.46. The molecule has 5 heteroatoms. The molecule has 4 aromatic rings. The van der Waals surface area contributed by atoms with E-state index < -0.39 is 0 Å². The number of hydrogen-bond acceptors (Lipinski definition) is 3. The first-order valence-corrected chi connectivity index (χ1v) is 8.82. The van der Waals surface area contributed by atoms with Gasteiger partial charge in [0.1, 0.15) is 11.6 Å². The number of thioether (sulfide) groups is 1. The number of imidazole rings is 2. The number of benzene rings is 2. The first-order valence-electron chi connectivity index (χ1n) is 7.66. The molecule has 0 spiro atoms. The summed E-state index contributed by atoms with van der Waals surface area (Å²) in [4.78, 5) is 16.1. The molecular formula is C18H18N4S. The Kier molecular flexibility index (Phi) is 3.58. The lowest BCUT2D eigenvalue weighted by Gasteiger charge is -1.97. The van der Waals surface area contributed by atoms with Crippen molar-refractivity contribution in [3.63, 3.8) is 0 Å². The second-order valence-electron chi connectivity index (χ2n) is 5.83. The fourth-order valence-electron chi connectivity index (χ4n) is 2.71. The highest BCUT2D eigenvalue weighted by atomic mass is 32.2. The Labute approximate surface area is 138 Å². The molecule has 23 heavy (non-hydrogen) atoms. The molecule has 2 N–H and O–H groups in total. The maximum absolute atomic E-state index is 4.68. The topological polar surface area (TPSA) is 57.4 Å². The van der Waals surface area contributed by atoms with E-state index in [1.807, 2.05) is 30.0 Å². The zero-order valence-electron chi connectivity index (χ0n) is 13.2. The molecule has 0 atom stereocenters. The molecule has 0 aliphatic carbocycles. The van der Waals surface area contributed by atoms with E-state index in [0.717, 1.165) is 45.2 Å². The molecule has 2 aromatic carbocycles. The number of fused-ring (bicyclic) bond motifs is 2. The van der Waals surface area contributed by atoms with Crippen LogP contribution in [0.2, 0.25) is 0 Å². The van der Waals surface area contributed by atoms with Crippen LogP contribution in [0, 0.1) is 13.8 Å². The van der Waals surface area contributed by atoms with Crippen LogP contribution in [0.15, 0.2) is 36.4 Å². The van der Waals surface area contributed by atoms with Crippen LogP contribution >= 0.6 is 11.8 Å². The summed E-state index contributed by atoms with van der Waals surface area (Å²) in [5.41, 5.74) is 6.86. The first kappa shape index (κ1) is 14.3. The lowest BCUT2D eigenvalue weighted by molar-refractivity contribution is 1.11. The van der Waals surface area contributed by atoms with Crippen molar-refractivity contribution >= 4 is 33.8 Å². The summed E-state index contributed by atoms with van der Waals surface area (Å²) in [6.45, 7) is 4.26. The number of H-pyrrole nitrogens is 2. The van der Waals surface area contributed by atoms with E-state index in [0.29, 0.717) is 0 Å². The van der Waals surface area contributed by atoms with Crippen molar-refractivity contribution in [3.8, 4) is 0 Å². The van der Waals surface area contributed by atoms with Crippen LogP contribution < -0.4 is 0 Å². The van der Waals surface area contributed by atoms with E-state index >= 15 is 0 Å². The van der Waals surface area contributed by atoms with Crippen LogP contribution in [0.4, 0.5) is 0 Å². The first-order chi connectivity index (χ1) is 11.2. The van der Waals surface area contributed by atoms with Gasteiger partial charge in [-0.15, -0.1) is 11.8 Å². The number of aryl methyl sites for hydroxylation is 2. The molecule has 0 radical (unpaired) electrons. The van der Waals surface area contributed by atoms with Gasteiger partial charge in [-0.1, -0.05) is 12.1 Å². The highest BCUT2D eigenvalue weighted by Gasteiger charge is 2.06. The van der Waals surface area contributed by atoms with Crippen LogP contribution in [0.5, 0.6) is 0 Å². The molecule has 0 bridgehead atoms. The summed E-state index contributed by atoms with van der Waals surface area (Å²) in [7, 11) is 0. The molecule has 2 heterocycles. The Hall–Kier alpha value is -2.27. The summed E-state index contributed by atoms with van der Waals surface area (Å²) in [5.74, 6) is 3.73. The predicted octanol–water partition coefficient (Wildman–Crippen LogP) is 4.49. The van der Waals surface area contributed by atoms with Crippen molar-refractivity contribution in [2.24, 2.45) is 0 Å². The maximum Gasteiger partial charge on any atom is 0.117 e. The minimum Gasteiger partial charge on any atom is -0.341 e. The van der Waals surface area contributed by atoms with Crippen molar-refractivity contribution in [2.45, 2.75) is 25.4 Å². The zero-order valence-corrected chi connectivity index (χ0v) is 14.0. The Bertz CT molecular complexity index is 911. The molecule has 0 saturated heterocycles. The Morgan fingerprint density at radius 2 is 1.48 bits per heavy atom. The molecule has 4 rings (SSSR count). The van der Waals surface area contributed by atoms with Crippen molar-refractivity contribution in [1.29, 1.82) is 0 Å². The van der Waals surface area contributed by atoms with E-state index in [1.165, 1.54) is 11.1 Å². The zero-order chi connectivity index (χ0) is 15.8. The average molecular weight is 322 g/mol. The van der Waals surface area contributed by atoms with Gasteiger partial charge in [-0.2, -0.15) is 0 Å². The SMILES string of the molecule is Cc1cc2nc(CSCc3nc4ccccc4[nH]3)[nH]c2cc1C. The highest BCUT2D eigenvalue weighted by Crippen LogP contribution is 2.21. The monoisotopic (exact) mass is 322 g/mol. The third-order valence-corrected chi connectivity index (χ3v) is 5.02. The molecule has 0 saturated carbocycles. The molecule has 116 valence electrons. The third-order valence-electron chi connectivity index (χ3n) is 4.06. The number of nitrogens with zero attached hydrogens (tertiary/aromatic N) is 2. The van der Waals surface area contributed by atoms with Gasteiger partial charge in [0.2, 0.25) is 0 Å². The minimum absolute atomic E-state index is 0.851. The van der Waals surface area contributed by atoms with E-state index in [-0.39, 0.29) is 0 Å². The van der Waals surface area contributed by atoms with Crippen LogP contribution in [0.3, 0.4) is 0 Å². The molecular weight excluding hydrogens is 304 g/mol. The van der Waals surface area contributed by atoms with Crippen LogP contribution in [0.25, 0.3) is 22.1 Å².